The van der Waals surface area contributed by atoms with Gasteiger partial charge in [-0.25, -0.2) is 0 Å². The molecule has 0 radical (unpaired) electrons. The SMILES string of the molecule is CC1=CCC(c2cc3ccccc3c(-c3ccc(C)c(C)c3C)c2C=N)=C1. The molecule has 4 rings (SSSR count). The molecular formula is C26H25N. The van der Waals surface area contributed by atoms with Gasteiger partial charge in [-0.2, -0.15) is 0 Å². The van der Waals surface area contributed by atoms with E-state index in [-0.39, 0.29) is 0 Å². The molecule has 3 aromatic carbocycles. The Hall–Kier alpha value is -2.93. The van der Waals surface area contributed by atoms with Gasteiger partial charge in [-0.3, -0.25) is 0 Å². The molecule has 1 N–H and O–H groups in total. The number of hydrogen-bond acceptors (Lipinski definition) is 1. The Balaban J connectivity index is 2.12. The molecule has 0 fully saturated rings. The fourth-order valence-corrected chi connectivity index (χ4v) is 4.15. The van der Waals surface area contributed by atoms with Gasteiger partial charge in [0.1, 0.15) is 0 Å². The van der Waals surface area contributed by atoms with Crippen LogP contribution in [0.3, 0.4) is 0 Å². The van der Waals surface area contributed by atoms with E-state index < -0.39 is 0 Å². The quantitative estimate of drug-likeness (QED) is 0.484. The second kappa shape index (κ2) is 6.66. The average Bonchev–Trinajstić information content (AvgIpc) is 3.11. The zero-order valence-electron chi connectivity index (χ0n) is 16.5. The van der Waals surface area contributed by atoms with Crippen molar-refractivity contribution in [3.8, 4) is 11.1 Å². The number of benzene rings is 3. The van der Waals surface area contributed by atoms with Crippen LogP contribution in [0, 0.1) is 26.2 Å². The minimum Gasteiger partial charge on any atom is -0.308 e. The Bertz CT molecular complexity index is 1140. The van der Waals surface area contributed by atoms with Crippen LogP contribution in [-0.4, -0.2) is 6.21 Å². The van der Waals surface area contributed by atoms with E-state index in [0.29, 0.717) is 0 Å². The van der Waals surface area contributed by atoms with Crippen LogP contribution < -0.4 is 0 Å². The summed E-state index contributed by atoms with van der Waals surface area (Å²) in [6.45, 7) is 8.70. The van der Waals surface area contributed by atoms with Crippen LogP contribution in [0.25, 0.3) is 27.5 Å². The van der Waals surface area contributed by atoms with Crippen molar-refractivity contribution in [2.24, 2.45) is 0 Å². The predicted octanol–water partition coefficient (Wildman–Crippen LogP) is 7.16. The van der Waals surface area contributed by atoms with Crippen molar-refractivity contribution in [1.29, 1.82) is 5.41 Å². The lowest BCUT2D eigenvalue weighted by Gasteiger charge is -2.19. The normalized spacial score (nSPS) is 13.6. The molecule has 27 heavy (non-hydrogen) atoms. The molecule has 0 aromatic heterocycles. The third kappa shape index (κ3) is 2.84. The van der Waals surface area contributed by atoms with E-state index >= 15 is 0 Å². The zero-order valence-corrected chi connectivity index (χ0v) is 16.5. The van der Waals surface area contributed by atoms with Crippen molar-refractivity contribution in [3.63, 3.8) is 0 Å². The lowest BCUT2D eigenvalue weighted by molar-refractivity contribution is 1.27. The van der Waals surface area contributed by atoms with Crippen LogP contribution in [0.1, 0.15) is 41.2 Å². The maximum absolute atomic E-state index is 8.26. The second-order valence-corrected chi connectivity index (χ2v) is 7.58. The molecular weight excluding hydrogens is 326 g/mol. The van der Waals surface area contributed by atoms with Crippen LogP contribution >= 0.6 is 0 Å². The van der Waals surface area contributed by atoms with Gasteiger partial charge in [0.15, 0.2) is 0 Å². The van der Waals surface area contributed by atoms with Crippen molar-refractivity contribution < 1.29 is 0 Å². The highest BCUT2D eigenvalue weighted by molar-refractivity contribution is 6.09. The Kier molecular flexibility index (Phi) is 4.31. The molecule has 0 bridgehead atoms. The maximum atomic E-state index is 8.26. The van der Waals surface area contributed by atoms with Crippen molar-refractivity contribution in [1.82, 2.24) is 0 Å². The smallest absolute Gasteiger partial charge is 0.0262 e. The van der Waals surface area contributed by atoms with Gasteiger partial charge >= 0.3 is 0 Å². The van der Waals surface area contributed by atoms with E-state index in [2.05, 4.69) is 82.3 Å². The van der Waals surface area contributed by atoms with Crippen LogP contribution in [-0.2, 0) is 0 Å². The van der Waals surface area contributed by atoms with Gasteiger partial charge in [-0.1, -0.05) is 54.1 Å². The van der Waals surface area contributed by atoms with Gasteiger partial charge < -0.3 is 5.41 Å². The maximum Gasteiger partial charge on any atom is 0.0262 e. The molecule has 0 atom stereocenters. The first-order chi connectivity index (χ1) is 13.0. The predicted molar refractivity (Wildman–Crippen MR) is 118 cm³/mol. The van der Waals surface area contributed by atoms with Crippen LogP contribution in [0.5, 0.6) is 0 Å². The van der Waals surface area contributed by atoms with E-state index in [9.17, 15) is 0 Å². The van der Waals surface area contributed by atoms with Gasteiger partial charge in [0.25, 0.3) is 0 Å². The first kappa shape index (κ1) is 17.5. The van der Waals surface area contributed by atoms with Gasteiger partial charge in [0.05, 0.1) is 0 Å². The van der Waals surface area contributed by atoms with E-state index in [1.165, 1.54) is 55.3 Å². The molecule has 0 spiro atoms. The Labute approximate surface area is 161 Å². The average molecular weight is 351 g/mol. The third-order valence-electron chi connectivity index (χ3n) is 5.95. The molecule has 0 heterocycles. The lowest BCUT2D eigenvalue weighted by Crippen LogP contribution is -2.00. The zero-order chi connectivity index (χ0) is 19.1. The molecule has 0 unspecified atom stereocenters. The summed E-state index contributed by atoms with van der Waals surface area (Å²) in [5, 5.41) is 10.7. The molecule has 1 aliphatic rings. The van der Waals surface area contributed by atoms with E-state index in [1.54, 1.807) is 6.21 Å². The molecule has 0 aliphatic heterocycles. The fourth-order valence-electron chi connectivity index (χ4n) is 4.15. The topological polar surface area (TPSA) is 23.9 Å². The van der Waals surface area contributed by atoms with Gasteiger partial charge in [0.2, 0.25) is 0 Å². The van der Waals surface area contributed by atoms with Crippen molar-refractivity contribution >= 4 is 22.6 Å². The highest BCUT2D eigenvalue weighted by Crippen LogP contribution is 2.40. The van der Waals surface area contributed by atoms with Crippen LogP contribution in [0.15, 0.2) is 60.2 Å². The van der Waals surface area contributed by atoms with Crippen LogP contribution in [0.4, 0.5) is 0 Å². The Morgan fingerprint density at radius 3 is 2.37 bits per heavy atom. The molecule has 3 aromatic rings. The summed E-state index contributed by atoms with van der Waals surface area (Å²) in [6, 6.07) is 15.2. The molecule has 0 saturated heterocycles. The number of fused-ring (bicyclic) bond motifs is 1. The molecule has 134 valence electrons. The van der Waals surface area contributed by atoms with Gasteiger partial charge in [-0.15, -0.1) is 0 Å². The largest absolute Gasteiger partial charge is 0.308 e. The van der Waals surface area contributed by atoms with Crippen molar-refractivity contribution in [2.45, 2.75) is 34.1 Å². The number of aryl methyl sites for hydroxylation is 1. The number of hydrogen-bond donors (Lipinski definition) is 1. The van der Waals surface area contributed by atoms with Gasteiger partial charge in [0, 0.05) is 11.8 Å². The summed E-state index contributed by atoms with van der Waals surface area (Å²) < 4.78 is 0. The first-order valence-corrected chi connectivity index (χ1v) is 9.52. The molecule has 0 saturated carbocycles. The Morgan fingerprint density at radius 2 is 1.67 bits per heavy atom. The summed E-state index contributed by atoms with van der Waals surface area (Å²) >= 11 is 0. The summed E-state index contributed by atoms with van der Waals surface area (Å²) in [6.07, 6.45) is 7.00. The highest BCUT2D eigenvalue weighted by atomic mass is 14.3. The summed E-state index contributed by atoms with van der Waals surface area (Å²) in [5.74, 6) is 0. The van der Waals surface area contributed by atoms with Gasteiger partial charge in [-0.05, 0) is 89.9 Å². The third-order valence-corrected chi connectivity index (χ3v) is 5.95. The van der Waals surface area contributed by atoms with Crippen LogP contribution in [0.2, 0.25) is 0 Å². The number of nitrogens with one attached hydrogen (secondary N) is 1. The van der Waals surface area contributed by atoms with E-state index in [1.807, 2.05) is 0 Å². The first-order valence-electron chi connectivity index (χ1n) is 9.52. The molecule has 1 nitrogen and oxygen atoms in total. The minimum absolute atomic E-state index is 0.941. The Morgan fingerprint density at radius 1 is 0.889 bits per heavy atom. The standard InChI is InChI=1S/C26H25N/c1-16-9-11-21(13-16)24-14-20-7-5-6-8-23(20)26(25(24)15-27)22-12-10-17(2)18(3)19(22)4/h5-10,12-15,27H,11H2,1-4H3. The number of allylic oxidation sites excluding steroid dienone is 4. The molecule has 1 aliphatic carbocycles. The summed E-state index contributed by atoms with van der Waals surface area (Å²) in [5.41, 5.74) is 11.2. The van der Waals surface area contributed by atoms with E-state index in [0.717, 1.165) is 12.0 Å². The second-order valence-electron chi connectivity index (χ2n) is 7.58. The summed E-state index contributed by atoms with van der Waals surface area (Å²) in [4.78, 5) is 0. The molecule has 1 heteroatoms. The lowest BCUT2D eigenvalue weighted by atomic mass is 9.84. The fraction of sp³-hybridized carbons (Fsp3) is 0.192. The molecule has 0 amide bonds. The highest BCUT2D eigenvalue weighted by Gasteiger charge is 2.19. The number of rotatable bonds is 3. The minimum atomic E-state index is 0.941. The van der Waals surface area contributed by atoms with Crippen molar-refractivity contribution in [3.05, 3.63) is 88.0 Å². The monoisotopic (exact) mass is 351 g/mol. The summed E-state index contributed by atoms with van der Waals surface area (Å²) in [7, 11) is 0. The van der Waals surface area contributed by atoms with Crippen molar-refractivity contribution in [2.75, 3.05) is 0 Å². The van der Waals surface area contributed by atoms with E-state index in [4.69, 9.17) is 5.41 Å².